The Hall–Kier alpha value is -0.630. The van der Waals surface area contributed by atoms with Crippen molar-refractivity contribution in [2.45, 2.75) is 31.1 Å². The predicted octanol–water partition coefficient (Wildman–Crippen LogP) is 3.71. The zero-order valence-electron chi connectivity index (χ0n) is 9.55. The van der Waals surface area contributed by atoms with Crippen molar-refractivity contribution >= 4 is 11.8 Å². The van der Waals surface area contributed by atoms with Crippen LogP contribution >= 0.6 is 11.8 Å². The molecule has 0 bridgehead atoms. The molecule has 0 saturated carbocycles. The molecule has 14 heavy (non-hydrogen) atoms. The highest BCUT2D eigenvalue weighted by Gasteiger charge is 2.18. The lowest BCUT2D eigenvalue weighted by Gasteiger charge is -2.22. The van der Waals surface area contributed by atoms with Crippen molar-refractivity contribution in [3.63, 3.8) is 0 Å². The standard InChI is InChI=1S/C12H18OS/c1-12(2,3)10-8-9(14-5)6-7-11(10)13-4/h6-8H,1-5H3. The number of rotatable bonds is 2. The Balaban J connectivity index is 3.22. The highest BCUT2D eigenvalue weighted by atomic mass is 32.2. The van der Waals surface area contributed by atoms with Crippen LogP contribution in [0.1, 0.15) is 26.3 Å². The summed E-state index contributed by atoms with van der Waals surface area (Å²) in [5.41, 5.74) is 1.41. The van der Waals surface area contributed by atoms with E-state index >= 15 is 0 Å². The number of hydrogen-bond donors (Lipinski definition) is 0. The molecular formula is C12H18OS. The predicted molar refractivity (Wildman–Crippen MR) is 63.5 cm³/mol. The summed E-state index contributed by atoms with van der Waals surface area (Å²) in [5.74, 6) is 0.982. The fourth-order valence-electron chi connectivity index (χ4n) is 1.40. The first-order chi connectivity index (χ1) is 6.49. The number of methoxy groups -OCH3 is 1. The van der Waals surface area contributed by atoms with Gasteiger partial charge < -0.3 is 4.74 Å². The smallest absolute Gasteiger partial charge is 0.122 e. The molecule has 0 aliphatic carbocycles. The van der Waals surface area contributed by atoms with Gasteiger partial charge in [0.1, 0.15) is 5.75 Å². The van der Waals surface area contributed by atoms with E-state index in [1.807, 2.05) is 6.07 Å². The summed E-state index contributed by atoms with van der Waals surface area (Å²) in [6.45, 7) is 6.61. The molecule has 1 aromatic carbocycles. The summed E-state index contributed by atoms with van der Waals surface area (Å²) >= 11 is 1.76. The van der Waals surface area contributed by atoms with E-state index in [0.29, 0.717) is 0 Å². The Morgan fingerprint density at radius 3 is 2.29 bits per heavy atom. The number of hydrogen-bond acceptors (Lipinski definition) is 2. The summed E-state index contributed by atoms with van der Waals surface area (Å²) in [4.78, 5) is 1.29. The highest BCUT2D eigenvalue weighted by Crippen LogP contribution is 2.33. The molecule has 0 saturated heterocycles. The normalized spacial score (nSPS) is 11.5. The van der Waals surface area contributed by atoms with Gasteiger partial charge in [-0.1, -0.05) is 20.8 Å². The van der Waals surface area contributed by atoms with Gasteiger partial charge in [-0.25, -0.2) is 0 Å². The molecule has 1 nitrogen and oxygen atoms in total. The van der Waals surface area contributed by atoms with Crippen molar-refractivity contribution < 1.29 is 4.74 Å². The monoisotopic (exact) mass is 210 g/mol. The molecule has 0 unspecified atom stereocenters. The molecule has 0 fully saturated rings. The van der Waals surface area contributed by atoms with Crippen molar-refractivity contribution in [1.29, 1.82) is 0 Å². The zero-order chi connectivity index (χ0) is 10.8. The van der Waals surface area contributed by atoms with Crippen LogP contribution in [0.4, 0.5) is 0 Å². The Morgan fingerprint density at radius 2 is 1.86 bits per heavy atom. The Labute approximate surface area is 90.9 Å². The third-order valence-corrected chi connectivity index (χ3v) is 2.94. The quantitative estimate of drug-likeness (QED) is 0.688. The Kier molecular flexibility index (Phi) is 3.48. The molecule has 1 rings (SSSR count). The summed E-state index contributed by atoms with van der Waals surface area (Å²) < 4.78 is 5.36. The van der Waals surface area contributed by atoms with Gasteiger partial charge in [0.25, 0.3) is 0 Å². The van der Waals surface area contributed by atoms with Crippen molar-refractivity contribution in [3.05, 3.63) is 23.8 Å². The average Bonchev–Trinajstić information content (AvgIpc) is 2.15. The summed E-state index contributed by atoms with van der Waals surface area (Å²) in [5, 5.41) is 0. The van der Waals surface area contributed by atoms with Gasteiger partial charge in [-0.3, -0.25) is 0 Å². The van der Waals surface area contributed by atoms with Crippen LogP contribution in [0.2, 0.25) is 0 Å². The molecule has 2 heteroatoms. The third-order valence-electron chi connectivity index (χ3n) is 2.21. The van der Waals surface area contributed by atoms with Gasteiger partial charge in [0.15, 0.2) is 0 Å². The first-order valence-electron chi connectivity index (χ1n) is 4.71. The maximum atomic E-state index is 5.36. The number of benzene rings is 1. The lowest BCUT2D eigenvalue weighted by molar-refractivity contribution is 0.397. The largest absolute Gasteiger partial charge is 0.496 e. The van der Waals surface area contributed by atoms with E-state index in [-0.39, 0.29) is 5.41 Å². The van der Waals surface area contributed by atoms with Crippen molar-refractivity contribution in [2.75, 3.05) is 13.4 Å². The second kappa shape index (κ2) is 4.26. The highest BCUT2D eigenvalue weighted by molar-refractivity contribution is 7.98. The molecule has 78 valence electrons. The van der Waals surface area contributed by atoms with E-state index in [0.717, 1.165) is 5.75 Å². The molecule has 0 heterocycles. The van der Waals surface area contributed by atoms with E-state index in [4.69, 9.17) is 4.74 Å². The fourth-order valence-corrected chi connectivity index (χ4v) is 1.84. The van der Waals surface area contributed by atoms with Gasteiger partial charge >= 0.3 is 0 Å². The SMILES string of the molecule is COc1ccc(SC)cc1C(C)(C)C. The molecule has 0 aliphatic rings. The van der Waals surface area contributed by atoms with Crippen LogP contribution in [-0.2, 0) is 5.41 Å². The first-order valence-corrected chi connectivity index (χ1v) is 5.94. The van der Waals surface area contributed by atoms with Crippen LogP contribution in [0.25, 0.3) is 0 Å². The van der Waals surface area contributed by atoms with Gasteiger partial charge in [-0.2, -0.15) is 0 Å². The molecule has 0 N–H and O–H groups in total. The Bertz CT molecular complexity index is 313. The maximum Gasteiger partial charge on any atom is 0.122 e. The van der Waals surface area contributed by atoms with Crippen molar-refractivity contribution in [1.82, 2.24) is 0 Å². The van der Waals surface area contributed by atoms with Gasteiger partial charge in [0.05, 0.1) is 7.11 Å². The van der Waals surface area contributed by atoms with E-state index in [2.05, 4.69) is 39.2 Å². The second-order valence-corrected chi connectivity index (χ2v) is 5.20. The maximum absolute atomic E-state index is 5.36. The fraction of sp³-hybridized carbons (Fsp3) is 0.500. The summed E-state index contributed by atoms with van der Waals surface area (Å²) in [6, 6.07) is 6.36. The Morgan fingerprint density at radius 1 is 1.21 bits per heavy atom. The lowest BCUT2D eigenvalue weighted by atomic mass is 9.86. The molecule has 0 spiro atoms. The zero-order valence-corrected chi connectivity index (χ0v) is 10.4. The van der Waals surface area contributed by atoms with Crippen LogP contribution in [0, 0.1) is 0 Å². The molecule has 0 radical (unpaired) electrons. The van der Waals surface area contributed by atoms with E-state index in [1.54, 1.807) is 18.9 Å². The van der Waals surface area contributed by atoms with Crippen molar-refractivity contribution in [3.8, 4) is 5.75 Å². The number of ether oxygens (including phenoxy) is 1. The molecule has 0 atom stereocenters. The van der Waals surface area contributed by atoms with E-state index < -0.39 is 0 Å². The van der Waals surface area contributed by atoms with Gasteiger partial charge in [0.2, 0.25) is 0 Å². The average molecular weight is 210 g/mol. The molecule has 0 aromatic heterocycles. The molecule has 0 aliphatic heterocycles. The third kappa shape index (κ3) is 2.44. The summed E-state index contributed by atoms with van der Waals surface area (Å²) in [7, 11) is 1.73. The van der Waals surface area contributed by atoms with Gasteiger partial charge in [-0.05, 0) is 29.9 Å². The lowest BCUT2D eigenvalue weighted by Crippen LogP contribution is -2.12. The minimum atomic E-state index is 0.136. The van der Waals surface area contributed by atoms with E-state index in [1.165, 1.54) is 10.5 Å². The van der Waals surface area contributed by atoms with Crippen LogP contribution in [0.5, 0.6) is 5.75 Å². The summed E-state index contributed by atoms with van der Waals surface area (Å²) in [6.07, 6.45) is 2.09. The minimum Gasteiger partial charge on any atom is -0.496 e. The first kappa shape index (κ1) is 11.4. The van der Waals surface area contributed by atoms with E-state index in [9.17, 15) is 0 Å². The topological polar surface area (TPSA) is 9.23 Å². The molecule has 0 amide bonds. The minimum absolute atomic E-state index is 0.136. The number of thioether (sulfide) groups is 1. The van der Waals surface area contributed by atoms with Crippen LogP contribution < -0.4 is 4.74 Å². The van der Waals surface area contributed by atoms with Crippen LogP contribution in [0.3, 0.4) is 0 Å². The van der Waals surface area contributed by atoms with Gasteiger partial charge in [-0.15, -0.1) is 11.8 Å². The second-order valence-electron chi connectivity index (χ2n) is 4.32. The molecule has 1 aromatic rings. The van der Waals surface area contributed by atoms with Gasteiger partial charge in [0, 0.05) is 10.5 Å². The van der Waals surface area contributed by atoms with Crippen LogP contribution in [-0.4, -0.2) is 13.4 Å². The van der Waals surface area contributed by atoms with Crippen molar-refractivity contribution in [2.24, 2.45) is 0 Å². The molecular weight excluding hydrogens is 192 g/mol. The van der Waals surface area contributed by atoms with Crippen LogP contribution in [0.15, 0.2) is 23.1 Å².